The van der Waals surface area contributed by atoms with E-state index in [1.54, 1.807) is 6.20 Å². The minimum Gasteiger partial charge on any atom is -0.437 e. The van der Waals surface area contributed by atoms with Gasteiger partial charge in [0.2, 0.25) is 45.6 Å². The van der Waals surface area contributed by atoms with Crippen LogP contribution in [0.25, 0.3) is 133 Å². The molecule has 12 aromatic heterocycles. The standard InChI is InChI=1S/C26H31N2O.2C25H29N2O.C24H27N2O/c1-7-18(8-2)19-13-14-28(6)23(15-19)24-17(5)9-10-20-21-11-12-22(16(3)4)27-26(21)29-25(20)24;2*1-7-18(8-2)21-13-22(27(6)14-16(21)4)23-15(3)9-11-19-20-12-10-17(5)26-25(20)28-24(19)23;1-6-17(7-2)18-12-13-26(5)21(14-18)22-15(3)8-10-19-20-11-9-16(4)25-24(20)27-23(19)22/h9-16,18H,7-8H2,1-6H3;2*9-14,18H,7-8H2,1-6H3;8-14,17H,6-7H2,1-5H3/q4*+1/i;4D3,18D;;17D. The molecule has 12 heterocycles. The van der Waals surface area contributed by atoms with E-state index in [0.717, 1.165) is 177 Å². The van der Waals surface area contributed by atoms with Crippen LogP contribution in [-0.2, 0) is 28.2 Å². The van der Waals surface area contributed by atoms with Gasteiger partial charge in [-0.05, 0) is 236 Å². The zero-order valence-electron chi connectivity index (χ0n) is 75.1. The fraction of sp³-hybridized carbons (Fsp3) is 0.360. The Morgan fingerprint density at radius 1 is 0.330 bits per heavy atom. The number of aromatic nitrogens is 8. The molecule has 0 spiro atoms. The molecule has 0 aliphatic carbocycles. The van der Waals surface area contributed by atoms with Gasteiger partial charge in [-0.1, -0.05) is 118 Å². The van der Waals surface area contributed by atoms with Crippen molar-refractivity contribution in [1.82, 2.24) is 19.9 Å². The molecule has 0 aliphatic heterocycles. The predicted molar refractivity (Wildman–Crippen MR) is 463 cm³/mol. The normalized spacial score (nSPS) is 12.8. The van der Waals surface area contributed by atoms with Gasteiger partial charge >= 0.3 is 0 Å². The van der Waals surface area contributed by atoms with Gasteiger partial charge in [0.25, 0.3) is 0 Å². The maximum Gasteiger partial charge on any atom is 0.227 e. The lowest BCUT2D eigenvalue weighted by molar-refractivity contribution is -0.660. The van der Waals surface area contributed by atoms with Crippen LogP contribution < -0.4 is 18.3 Å². The molecule has 0 bridgehead atoms. The van der Waals surface area contributed by atoms with Crippen LogP contribution in [0, 0.1) is 62.2 Å². The molecule has 12 heteroatoms. The Bertz CT molecular complexity index is 6440. The summed E-state index contributed by atoms with van der Waals surface area (Å²) >= 11 is 0. The summed E-state index contributed by atoms with van der Waals surface area (Å²) in [6, 6.07) is 46.7. The molecule has 0 amide bonds. The Morgan fingerprint density at radius 3 is 1.03 bits per heavy atom. The lowest BCUT2D eigenvalue weighted by Gasteiger charge is -2.16. The van der Waals surface area contributed by atoms with E-state index in [4.69, 9.17) is 29.5 Å². The van der Waals surface area contributed by atoms with Crippen LogP contribution in [0.15, 0.2) is 176 Å². The molecule has 0 atom stereocenters. The van der Waals surface area contributed by atoms with Gasteiger partial charge < -0.3 is 17.7 Å². The summed E-state index contributed by atoms with van der Waals surface area (Å²) in [4.78, 5) is 18.5. The fourth-order valence-corrected chi connectivity index (χ4v) is 16.7. The Morgan fingerprint density at radius 2 is 0.661 bits per heavy atom. The second kappa shape index (κ2) is 33.3. The number of benzene rings is 4. The molecule has 0 fully saturated rings. The third-order valence-electron chi connectivity index (χ3n) is 23.4. The van der Waals surface area contributed by atoms with Crippen LogP contribution >= 0.6 is 0 Å². The van der Waals surface area contributed by atoms with Crippen molar-refractivity contribution in [3.63, 3.8) is 0 Å². The molecule has 12 nitrogen and oxygen atoms in total. The Labute approximate surface area is 669 Å². The van der Waals surface area contributed by atoms with E-state index in [9.17, 15) is 0 Å². The maximum atomic E-state index is 9.04. The smallest absolute Gasteiger partial charge is 0.227 e. The number of hydrogen-bond acceptors (Lipinski definition) is 8. The second-order valence-corrected chi connectivity index (χ2v) is 31.1. The van der Waals surface area contributed by atoms with Gasteiger partial charge in [-0.3, -0.25) is 0 Å². The number of fused-ring (bicyclic) bond motifs is 12. The highest BCUT2D eigenvalue weighted by Gasteiger charge is 2.30. The first-order valence-electron chi connectivity index (χ1n) is 43.0. The van der Waals surface area contributed by atoms with Gasteiger partial charge in [0.1, 0.15) is 28.2 Å². The fourth-order valence-electron chi connectivity index (χ4n) is 16.7. The lowest BCUT2D eigenvalue weighted by atomic mass is 9.89. The van der Waals surface area contributed by atoms with E-state index >= 15 is 0 Å². The molecule has 0 radical (unpaired) electrons. The van der Waals surface area contributed by atoms with Crippen LogP contribution in [0.2, 0.25) is 0 Å². The number of hydrogen-bond donors (Lipinski definition) is 0. The van der Waals surface area contributed by atoms with Gasteiger partial charge in [0, 0.05) is 120 Å². The number of nitrogens with zero attached hydrogens (tertiary/aromatic N) is 8. The lowest BCUT2D eigenvalue weighted by Crippen LogP contribution is -2.32. The first-order chi connectivity index (χ1) is 55.7. The number of pyridine rings is 8. The quantitative estimate of drug-likeness (QED) is 0.0827. The monoisotopic (exact) mass is 1500 g/mol. The molecule has 576 valence electrons. The number of rotatable bonds is 17. The van der Waals surface area contributed by atoms with Gasteiger partial charge in [0.15, 0.2) is 47.1 Å². The summed E-state index contributed by atoms with van der Waals surface area (Å²) in [6.45, 7) is 35.8. The average Bonchev–Trinajstić information content (AvgIpc) is 1.74. The molecule has 112 heavy (non-hydrogen) atoms. The summed E-state index contributed by atoms with van der Waals surface area (Å²) in [6.07, 6.45) is 15.4. The van der Waals surface area contributed by atoms with E-state index in [-0.39, 0.29) is 5.56 Å². The maximum absolute atomic E-state index is 9.04. The third kappa shape index (κ3) is 15.2. The average molecular weight is 1500 g/mol. The van der Waals surface area contributed by atoms with Crippen LogP contribution in [-0.4, -0.2) is 19.9 Å². The Kier molecular flexibility index (Phi) is 21.6. The molecule has 0 saturated heterocycles. The third-order valence-corrected chi connectivity index (χ3v) is 23.4. The van der Waals surface area contributed by atoms with Crippen molar-refractivity contribution < 1.29 is 42.8 Å². The van der Waals surface area contributed by atoms with E-state index < -0.39 is 18.6 Å². The largest absolute Gasteiger partial charge is 0.437 e. The molecular weight excluding hydrogens is 1380 g/mol. The first kappa shape index (κ1) is 72.8. The summed E-state index contributed by atoms with van der Waals surface area (Å²) in [5.74, 6) is -0.0125. The van der Waals surface area contributed by atoms with Crippen LogP contribution in [0.4, 0.5) is 0 Å². The van der Waals surface area contributed by atoms with Crippen molar-refractivity contribution in [1.29, 1.82) is 0 Å². The van der Waals surface area contributed by atoms with Gasteiger partial charge in [-0.25, -0.2) is 38.2 Å². The zero-order chi connectivity index (χ0) is 84.2. The summed E-state index contributed by atoms with van der Waals surface area (Å²) in [5, 5.41) is 8.48. The highest BCUT2D eigenvalue weighted by Crippen LogP contribution is 2.44. The first-order valence-corrected chi connectivity index (χ1v) is 40.5. The predicted octanol–water partition coefficient (Wildman–Crippen LogP) is 25.4. The molecule has 16 aromatic rings. The molecule has 0 aliphatic rings. The van der Waals surface area contributed by atoms with Gasteiger partial charge in [0.05, 0.1) is 22.3 Å². The van der Waals surface area contributed by atoms with Gasteiger partial charge in [-0.15, -0.1) is 0 Å². The molecule has 0 unspecified atom stereocenters. The van der Waals surface area contributed by atoms with E-state index in [2.05, 4.69) is 241 Å². The van der Waals surface area contributed by atoms with Crippen LogP contribution in [0.1, 0.15) is 235 Å². The summed E-state index contributed by atoms with van der Waals surface area (Å²) in [7, 11) is 8.14. The SMILES string of the molecule is CCC(CC)c1cc(-c2c(C)ccc3c2oc2nc(C)ccc23)[n+](C)cc1C.CCC(CC)c1cc[n+](C)c(-c2c(C)ccc3c2oc2nc(C(C)C)ccc23)c1.[2H]C(CC)(CC)c1cc[n+](C)c(-c2c(C)ccc3c2oc2nc(C)ccc23)c1.[2H]C([2H])([2H])c1c[n+](C)c(-c2c(C)ccc3c2oc2nc(C)ccc23)cc1C([2H])(CC)CC. The highest BCUT2D eigenvalue weighted by molar-refractivity contribution is 6.12. The minimum atomic E-state index is -2.30. The highest BCUT2D eigenvalue weighted by atomic mass is 16.4. The molecule has 16 rings (SSSR count). The number of aryl methyl sites for hydroxylation is 13. The van der Waals surface area contributed by atoms with E-state index in [1.807, 2.05) is 96.6 Å². The van der Waals surface area contributed by atoms with Crippen LogP contribution in [0.5, 0.6) is 0 Å². The van der Waals surface area contributed by atoms with Crippen molar-refractivity contribution >= 4 is 88.3 Å². The second-order valence-electron chi connectivity index (χ2n) is 31.1. The number of furan rings is 4. The van der Waals surface area contributed by atoms with Crippen molar-refractivity contribution in [2.24, 2.45) is 28.2 Å². The van der Waals surface area contributed by atoms with Gasteiger partial charge in [-0.2, -0.15) is 0 Å². The minimum absolute atomic E-state index is 0.231. The molecule has 4 aromatic carbocycles. The molecular formula is C100H116N8O4+4. The van der Waals surface area contributed by atoms with Crippen molar-refractivity contribution in [2.75, 3.05) is 0 Å². The topological polar surface area (TPSA) is 120 Å². The Balaban J connectivity index is 0.000000136. The van der Waals surface area contributed by atoms with Crippen molar-refractivity contribution in [2.45, 2.75) is 212 Å². The van der Waals surface area contributed by atoms with Crippen molar-refractivity contribution in [3.05, 3.63) is 237 Å². The van der Waals surface area contributed by atoms with E-state index in [1.165, 1.54) is 50.3 Å². The van der Waals surface area contributed by atoms with Crippen LogP contribution in [0.3, 0.4) is 0 Å². The molecule has 0 saturated carbocycles. The zero-order valence-corrected chi connectivity index (χ0v) is 70.1. The Hall–Kier alpha value is -10.7. The summed E-state index contributed by atoms with van der Waals surface area (Å²) < 4.78 is 75.8. The van der Waals surface area contributed by atoms with E-state index in [0.29, 0.717) is 47.6 Å². The summed E-state index contributed by atoms with van der Waals surface area (Å²) in [5.41, 5.74) is 29.3. The molecule has 0 N–H and O–H groups in total. The van der Waals surface area contributed by atoms with Crippen molar-refractivity contribution in [3.8, 4) is 45.0 Å².